The smallest absolute Gasteiger partial charge is 0.253 e. The lowest BCUT2D eigenvalue weighted by Gasteiger charge is -2.19. The molecule has 1 heterocycles. The van der Waals surface area contributed by atoms with Gasteiger partial charge in [-0.25, -0.2) is 0 Å². The van der Waals surface area contributed by atoms with Gasteiger partial charge in [-0.3, -0.25) is 9.78 Å². The minimum Gasteiger partial charge on any atom is -0.388 e. The van der Waals surface area contributed by atoms with E-state index in [4.69, 9.17) is 5.26 Å². The molecule has 4 rings (SSSR count). The number of pyridine rings is 1. The van der Waals surface area contributed by atoms with E-state index in [0.29, 0.717) is 29.5 Å². The summed E-state index contributed by atoms with van der Waals surface area (Å²) >= 11 is 0. The van der Waals surface area contributed by atoms with Crippen molar-refractivity contribution >= 4 is 5.91 Å². The molecule has 5 nitrogen and oxygen atoms in total. The highest BCUT2D eigenvalue weighted by atomic mass is 16.3. The van der Waals surface area contributed by atoms with Crippen molar-refractivity contribution in [3.05, 3.63) is 101 Å². The Hall–Kier alpha value is -3.49. The van der Waals surface area contributed by atoms with Crippen LogP contribution < -0.4 is 0 Å². The minimum absolute atomic E-state index is 0.0594. The molecule has 1 aliphatic rings. The fraction of sp³-hybridized carbons (Fsp3) is 0.321. The van der Waals surface area contributed by atoms with E-state index in [-0.39, 0.29) is 5.91 Å². The average molecular weight is 440 g/mol. The summed E-state index contributed by atoms with van der Waals surface area (Å²) in [6, 6.07) is 21.6. The largest absolute Gasteiger partial charge is 0.388 e. The second-order valence-electron chi connectivity index (χ2n) is 9.05. The van der Waals surface area contributed by atoms with Crippen LogP contribution in [0.25, 0.3) is 0 Å². The lowest BCUT2D eigenvalue weighted by molar-refractivity contribution is 0.0785. The van der Waals surface area contributed by atoms with Crippen molar-refractivity contribution in [2.45, 2.75) is 38.3 Å². The highest BCUT2D eigenvalue weighted by Gasteiger charge is 2.30. The summed E-state index contributed by atoms with van der Waals surface area (Å²) in [5.74, 6) is 0.800. The fourth-order valence-electron chi connectivity index (χ4n) is 4.83. The van der Waals surface area contributed by atoms with Gasteiger partial charge in [-0.15, -0.1) is 0 Å². The van der Waals surface area contributed by atoms with Crippen LogP contribution in [0.2, 0.25) is 0 Å². The van der Waals surface area contributed by atoms with Crippen molar-refractivity contribution in [1.82, 2.24) is 9.88 Å². The first-order valence-electron chi connectivity index (χ1n) is 11.4. The maximum Gasteiger partial charge on any atom is 0.253 e. The van der Waals surface area contributed by atoms with Gasteiger partial charge in [0, 0.05) is 31.5 Å². The number of amides is 1. The molecule has 1 saturated carbocycles. The predicted octanol–water partition coefficient (Wildman–Crippen LogP) is 4.92. The molecule has 3 aromatic rings. The standard InChI is InChI=1S/C28H29N3O2/c1-31(19-23-14-22(16-29)17-30-18-23)28(33)25-10-7-20(8-11-25)13-21-9-12-26(15-21)27(32)24-5-3-2-4-6-24/h2-8,10-11,14,17-18,21,26-27,32H,9,12-13,15,19H2,1H3/t21-,26-,27+/m0/s1. The minimum atomic E-state index is -0.393. The molecule has 0 unspecified atom stereocenters. The van der Waals surface area contributed by atoms with E-state index in [9.17, 15) is 9.90 Å². The van der Waals surface area contributed by atoms with Gasteiger partial charge in [-0.2, -0.15) is 5.26 Å². The number of hydrogen-bond donors (Lipinski definition) is 1. The maximum atomic E-state index is 12.8. The Kier molecular flexibility index (Phi) is 7.16. The second-order valence-corrected chi connectivity index (χ2v) is 9.05. The summed E-state index contributed by atoms with van der Waals surface area (Å²) in [4.78, 5) is 18.5. The van der Waals surface area contributed by atoms with Crippen molar-refractivity contribution in [3.8, 4) is 6.07 Å². The van der Waals surface area contributed by atoms with Gasteiger partial charge in [-0.05, 0) is 72.4 Å². The number of aromatic nitrogens is 1. The van der Waals surface area contributed by atoms with E-state index in [0.717, 1.165) is 36.8 Å². The molecule has 5 heteroatoms. The maximum absolute atomic E-state index is 12.8. The third-order valence-corrected chi connectivity index (χ3v) is 6.59. The first-order chi connectivity index (χ1) is 16.0. The summed E-state index contributed by atoms with van der Waals surface area (Å²) in [6.07, 6.45) is 6.95. The lowest BCUT2D eigenvalue weighted by Crippen LogP contribution is -2.26. The molecule has 0 spiro atoms. The topological polar surface area (TPSA) is 77.2 Å². The lowest BCUT2D eigenvalue weighted by atomic mass is 9.91. The van der Waals surface area contributed by atoms with Crippen molar-refractivity contribution in [2.24, 2.45) is 11.8 Å². The van der Waals surface area contributed by atoms with Crippen LogP contribution >= 0.6 is 0 Å². The van der Waals surface area contributed by atoms with E-state index >= 15 is 0 Å². The molecule has 1 aromatic heterocycles. The number of rotatable bonds is 7. The third-order valence-electron chi connectivity index (χ3n) is 6.59. The number of carbonyl (C=O) groups is 1. The SMILES string of the molecule is CN(Cc1cncc(C#N)c1)C(=O)c1ccc(C[C@@H]2CC[C@H]([C@H](O)c3ccccc3)C2)cc1. The molecule has 1 N–H and O–H groups in total. The number of hydrogen-bond acceptors (Lipinski definition) is 4. The van der Waals surface area contributed by atoms with Crippen molar-refractivity contribution < 1.29 is 9.90 Å². The van der Waals surface area contributed by atoms with E-state index in [1.165, 1.54) is 11.8 Å². The molecule has 0 aliphatic heterocycles. The van der Waals surface area contributed by atoms with E-state index in [1.54, 1.807) is 24.2 Å². The highest BCUT2D eigenvalue weighted by molar-refractivity contribution is 5.94. The van der Waals surface area contributed by atoms with E-state index in [1.807, 2.05) is 54.6 Å². The summed E-state index contributed by atoms with van der Waals surface area (Å²) in [7, 11) is 1.76. The van der Waals surface area contributed by atoms with E-state index in [2.05, 4.69) is 11.1 Å². The molecular weight excluding hydrogens is 410 g/mol. The Morgan fingerprint density at radius 2 is 1.88 bits per heavy atom. The number of aliphatic hydroxyl groups excluding tert-OH is 1. The fourth-order valence-corrected chi connectivity index (χ4v) is 4.83. The molecular formula is C28H29N3O2. The molecule has 168 valence electrons. The van der Waals surface area contributed by atoms with Crippen LogP contribution in [-0.4, -0.2) is 27.9 Å². The molecule has 33 heavy (non-hydrogen) atoms. The van der Waals surface area contributed by atoms with Gasteiger partial charge in [0.05, 0.1) is 11.7 Å². The normalized spacial score (nSPS) is 18.5. The Morgan fingerprint density at radius 3 is 2.61 bits per heavy atom. The molecule has 0 saturated heterocycles. The number of nitrogens with zero attached hydrogens (tertiary/aromatic N) is 3. The van der Waals surface area contributed by atoms with Gasteiger partial charge in [0.1, 0.15) is 6.07 Å². The summed E-state index contributed by atoms with van der Waals surface area (Å²) in [5.41, 5.74) is 4.19. The first-order valence-corrected chi connectivity index (χ1v) is 11.4. The number of aliphatic hydroxyl groups is 1. The van der Waals surface area contributed by atoms with Gasteiger partial charge >= 0.3 is 0 Å². The Balaban J connectivity index is 1.32. The molecule has 1 aliphatic carbocycles. The van der Waals surface area contributed by atoms with Gasteiger partial charge in [0.15, 0.2) is 0 Å². The molecule has 0 radical (unpaired) electrons. The van der Waals surface area contributed by atoms with Crippen LogP contribution in [0.5, 0.6) is 0 Å². The van der Waals surface area contributed by atoms with Crippen LogP contribution in [0.3, 0.4) is 0 Å². The molecule has 3 atom stereocenters. The van der Waals surface area contributed by atoms with Crippen LogP contribution in [0.1, 0.15) is 58.0 Å². The zero-order chi connectivity index (χ0) is 23.2. The van der Waals surface area contributed by atoms with Gasteiger partial charge < -0.3 is 10.0 Å². The molecule has 0 bridgehead atoms. The summed E-state index contributed by atoms with van der Waals surface area (Å²) in [6.45, 7) is 0.399. The van der Waals surface area contributed by atoms with Crippen molar-refractivity contribution in [2.75, 3.05) is 7.05 Å². The van der Waals surface area contributed by atoms with Crippen LogP contribution in [0.4, 0.5) is 0 Å². The zero-order valence-electron chi connectivity index (χ0n) is 18.9. The molecule has 1 amide bonds. The number of carbonyl (C=O) groups excluding carboxylic acids is 1. The monoisotopic (exact) mass is 439 g/mol. The third kappa shape index (κ3) is 5.66. The Morgan fingerprint density at radius 1 is 1.12 bits per heavy atom. The van der Waals surface area contributed by atoms with Gasteiger partial charge in [-0.1, -0.05) is 42.5 Å². The molecule has 1 fully saturated rings. The average Bonchev–Trinajstić information content (AvgIpc) is 3.32. The quantitative estimate of drug-likeness (QED) is 0.567. The summed E-state index contributed by atoms with van der Waals surface area (Å²) < 4.78 is 0. The van der Waals surface area contributed by atoms with Gasteiger partial charge in [0.25, 0.3) is 5.91 Å². The number of benzene rings is 2. The van der Waals surface area contributed by atoms with Crippen molar-refractivity contribution in [3.63, 3.8) is 0 Å². The van der Waals surface area contributed by atoms with E-state index < -0.39 is 6.10 Å². The predicted molar refractivity (Wildman–Crippen MR) is 127 cm³/mol. The second kappa shape index (κ2) is 10.4. The highest BCUT2D eigenvalue weighted by Crippen LogP contribution is 2.40. The van der Waals surface area contributed by atoms with Crippen LogP contribution in [0, 0.1) is 23.2 Å². The van der Waals surface area contributed by atoms with Crippen molar-refractivity contribution in [1.29, 1.82) is 5.26 Å². The summed E-state index contributed by atoms with van der Waals surface area (Å²) in [5, 5.41) is 19.7. The zero-order valence-corrected chi connectivity index (χ0v) is 18.9. The first kappa shape index (κ1) is 22.7. The number of nitriles is 1. The Bertz CT molecular complexity index is 1120. The molecule has 2 aromatic carbocycles. The van der Waals surface area contributed by atoms with Crippen LogP contribution in [-0.2, 0) is 13.0 Å². The van der Waals surface area contributed by atoms with Gasteiger partial charge in [0.2, 0.25) is 0 Å². The van der Waals surface area contributed by atoms with Crippen LogP contribution in [0.15, 0.2) is 73.1 Å². The Labute approximate surface area is 195 Å².